The second-order valence-corrected chi connectivity index (χ2v) is 8.48. The lowest BCUT2D eigenvalue weighted by atomic mass is 10.2. The van der Waals surface area contributed by atoms with E-state index in [0.717, 1.165) is 5.56 Å². The van der Waals surface area contributed by atoms with Crippen molar-refractivity contribution in [1.82, 2.24) is 4.90 Å². The molecule has 2 amide bonds. The SMILES string of the molecule is Cc1ccc(N2C(=O)C[C@H](SC(=S)N3C[C@H](C)O[C@@H](C)C3)C2=O)cc1. The molecule has 0 bridgehead atoms. The van der Waals surface area contributed by atoms with Crippen molar-refractivity contribution in [2.45, 2.75) is 44.6 Å². The summed E-state index contributed by atoms with van der Waals surface area (Å²) >= 11 is 6.85. The standard InChI is InChI=1S/C18H22N2O3S2/c1-11-4-6-14(7-5-11)20-16(21)8-15(17(20)22)25-18(24)19-9-12(2)23-13(3)10-19/h4-7,12-13,15H,8-10H2,1-3H3/t12-,13-,15-/m0/s1. The maximum absolute atomic E-state index is 12.7. The number of thiocarbonyl (C=S) groups is 1. The zero-order chi connectivity index (χ0) is 18.1. The van der Waals surface area contributed by atoms with Gasteiger partial charge in [0.1, 0.15) is 9.57 Å². The van der Waals surface area contributed by atoms with Crippen molar-refractivity contribution in [3.05, 3.63) is 29.8 Å². The van der Waals surface area contributed by atoms with Crippen LogP contribution in [0, 0.1) is 6.92 Å². The number of benzene rings is 1. The molecule has 2 aliphatic heterocycles. The van der Waals surface area contributed by atoms with E-state index in [-0.39, 0.29) is 30.4 Å². The molecule has 0 aliphatic carbocycles. The number of carbonyl (C=O) groups excluding carboxylic acids is 2. The minimum absolute atomic E-state index is 0.104. The lowest BCUT2D eigenvalue weighted by Gasteiger charge is -2.36. The monoisotopic (exact) mass is 378 g/mol. The van der Waals surface area contributed by atoms with Crippen molar-refractivity contribution >= 4 is 45.8 Å². The third kappa shape index (κ3) is 4.04. The molecule has 1 aromatic rings. The predicted octanol–water partition coefficient (Wildman–Crippen LogP) is 2.75. The summed E-state index contributed by atoms with van der Waals surface area (Å²) < 4.78 is 6.39. The van der Waals surface area contributed by atoms with Gasteiger partial charge in [0.2, 0.25) is 11.8 Å². The van der Waals surface area contributed by atoms with Crippen LogP contribution in [0.15, 0.2) is 24.3 Å². The Hall–Kier alpha value is -1.44. The molecule has 0 radical (unpaired) electrons. The summed E-state index contributed by atoms with van der Waals surface area (Å²) in [5, 5.41) is -0.449. The first kappa shape index (κ1) is 18.4. The Labute approximate surface area is 157 Å². The van der Waals surface area contributed by atoms with Gasteiger partial charge < -0.3 is 9.64 Å². The molecule has 0 spiro atoms. The number of nitrogens with zero attached hydrogens (tertiary/aromatic N) is 2. The van der Waals surface area contributed by atoms with E-state index in [1.165, 1.54) is 16.7 Å². The van der Waals surface area contributed by atoms with E-state index in [1.54, 1.807) is 0 Å². The van der Waals surface area contributed by atoms with Crippen molar-refractivity contribution in [1.29, 1.82) is 0 Å². The van der Waals surface area contributed by atoms with Gasteiger partial charge in [-0.25, -0.2) is 4.90 Å². The number of imide groups is 1. The van der Waals surface area contributed by atoms with Gasteiger partial charge in [-0.1, -0.05) is 41.7 Å². The van der Waals surface area contributed by atoms with Crippen molar-refractivity contribution in [3.8, 4) is 0 Å². The molecule has 0 aromatic heterocycles. The van der Waals surface area contributed by atoms with Crippen LogP contribution in [0.2, 0.25) is 0 Å². The number of ether oxygens (including phenoxy) is 1. The summed E-state index contributed by atoms with van der Waals surface area (Å²) in [4.78, 5) is 28.4. The number of hydrogen-bond acceptors (Lipinski definition) is 5. The minimum atomic E-state index is -0.449. The maximum Gasteiger partial charge on any atom is 0.247 e. The van der Waals surface area contributed by atoms with Crippen LogP contribution in [0.5, 0.6) is 0 Å². The van der Waals surface area contributed by atoms with Gasteiger partial charge >= 0.3 is 0 Å². The fourth-order valence-corrected chi connectivity index (χ4v) is 4.66. The van der Waals surface area contributed by atoms with Gasteiger partial charge in [-0.15, -0.1) is 0 Å². The quantitative estimate of drug-likeness (QED) is 0.583. The molecule has 3 atom stereocenters. The largest absolute Gasteiger partial charge is 0.372 e. The Balaban J connectivity index is 1.68. The smallest absolute Gasteiger partial charge is 0.247 e. The molecular weight excluding hydrogens is 356 g/mol. The molecule has 134 valence electrons. The number of rotatable bonds is 2. The number of hydrogen-bond donors (Lipinski definition) is 0. The van der Waals surface area contributed by atoms with Crippen molar-refractivity contribution in [2.75, 3.05) is 18.0 Å². The van der Waals surface area contributed by atoms with Gasteiger partial charge in [-0.2, -0.15) is 0 Å². The van der Waals surface area contributed by atoms with Crippen molar-refractivity contribution in [2.24, 2.45) is 0 Å². The van der Waals surface area contributed by atoms with Gasteiger partial charge in [0.15, 0.2) is 0 Å². The van der Waals surface area contributed by atoms with Crippen LogP contribution < -0.4 is 4.90 Å². The molecular formula is C18H22N2O3S2. The molecule has 0 saturated carbocycles. The lowest BCUT2D eigenvalue weighted by molar-refractivity contribution is -0.121. The number of morpholine rings is 1. The first-order valence-electron chi connectivity index (χ1n) is 8.39. The van der Waals surface area contributed by atoms with E-state index in [1.807, 2.05) is 45.0 Å². The summed E-state index contributed by atoms with van der Waals surface area (Å²) in [5.41, 5.74) is 1.72. The number of anilines is 1. The summed E-state index contributed by atoms with van der Waals surface area (Å²) in [5.74, 6) is -0.353. The summed E-state index contributed by atoms with van der Waals surface area (Å²) in [6, 6.07) is 7.42. The molecule has 0 N–H and O–H groups in total. The van der Waals surface area contributed by atoms with E-state index < -0.39 is 5.25 Å². The van der Waals surface area contributed by atoms with Gasteiger partial charge in [0.05, 0.1) is 17.9 Å². The van der Waals surface area contributed by atoms with E-state index >= 15 is 0 Å². The van der Waals surface area contributed by atoms with E-state index in [4.69, 9.17) is 17.0 Å². The van der Waals surface area contributed by atoms with Crippen LogP contribution in [0.1, 0.15) is 25.8 Å². The minimum Gasteiger partial charge on any atom is -0.372 e. The average molecular weight is 379 g/mol. The zero-order valence-electron chi connectivity index (χ0n) is 14.6. The Kier molecular flexibility index (Phi) is 5.46. The van der Waals surface area contributed by atoms with Gasteiger partial charge in [-0.05, 0) is 32.9 Å². The third-order valence-electron chi connectivity index (χ3n) is 4.32. The highest BCUT2D eigenvalue weighted by molar-refractivity contribution is 8.23. The number of aryl methyl sites for hydroxylation is 1. The van der Waals surface area contributed by atoms with Crippen LogP contribution in [0.3, 0.4) is 0 Å². The molecule has 2 fully saturated rings. The van der Waals surface area contributed by atoms with Crippen LogP contribution in [-0.2, 0) is 14.3 Å². The highest BCUT2D eigenvalue weighted by Gasteiger charge is 2.41. The molecule has 1 aromatic carbocycles. The van der Waals surface area contributed by atoms with E-state index in [2.05, 4.69) is 4.90 Å². The average Bonchev–Trinajstić information content (AvgIpc) is 2.81. The Bertz CT molecular complexity index is 682. The van der Waals surface area contributed by atoms with Gasteiger partial charge in [-0.3, -0.25) is 9.59 Å². The maximum atomic E-state index is 12.7. The summed E-state index contributed by atoms with van der Waals surface area (Å²) in [6.07, 6.45) is 0.395. The fourth-order valence-electron chi connectivity index (χ4n) is 3.18. The summed E-state index contributed by atoms with van der Waals surface area (Å²) in [7, 11) is 0. The second kappa shape index (κ2) is 7.43. The highest BCUT2D eigenvalue weighted by atomic mass is 32.2. The van der Waals surface area contributed by atoms with Crippen molar-refractivity contribution < 1.29 is 14.3 Å². The fraction of sp³-hybridized carbons (Fsp3) is 0.500. The van der Waals surface area contributed by atoms with Crippen molar-refractivity contribution in [3.63, 3.8) is 0 Å². The number of amides is 2. The number of carbonyl (C=O) groups is 2. The molecule has 0 unspecified atom stereocenters. The Morgan fingerprint density at radius 1 is 1.16 bits per heavy atom. The third-order valence-corrected chi connectivity index (χ3v) is 5.98. The van der Waals surface area contributed by atoms with Gasteiger partial charge in [0.25, 0.3) is 0 Å². The van der Waals surface area contributed by atoms with Gasteiger partial charge in [0, 0.05) is 19.5 Å². The predicted molar refractivity (Wildman–Crippen MR) is 104 cm³/mol. The molecule has 2 saturated heterocycles. The first-order valence-corrected chi connectivity index (χ1v) is 9.68. The molecule has 2 heterocycles. The summed E-state index contributed by atoms with van der Waals surface area (Å²) in [6.45, 7) is 7.43. The Morgan fingerprint density at radius 2 is 1.76 bits per heavy atom. The van der Waals surface area contributed by atoms with E-state index in [0.29, 0.717) is 23.1 Å². The van der Waals surface area contributed by atoms with Crippen LogP contribution in [0.4, 0.5) is 5.69 Å². The topological polar surface area (TPSA) is 49.9 Å². The zero-order valence-corrected chi connectivity index (χ0v) is 16.2. The molecule has 3 rings (SSSR count). The van der Waals surface area contributed by atoms with Crippen LogP contribution >= 0.6 is 24.0 Å². The Morgan fingerprint density at radius 3 is 2.36 bits per heavy atom. The first-order chi connectivity index (χ1) is 11.8. The molecule has 5 nitrogen and oxygen atoms in total. The normalized spacial score (nSPS) is 27.1. The highest BCUT2D eigenvalue weighted by Crippen LogP contribution is 2.32. The van der Waals surface area contributed by atoms with E-state index in [9.17, 15) is 9.59 Å². The molecule has 25 heavy (non-hydrogen) atoms. The van der Waals surface area contributed by atoms with Crippen LogP contribution in [-0.4, -0.2) is 51.6 Å². The van der Waals surface area contributed by atoms with Crippen LogP contribution in [0.25, 0.3) is 0 Å². The second-order valence-electron chi connectivity index (χ2n) is 6.64. The number of thioether (sulfide) groups is 1. The molecule has 2 aliphatic rings. The molecule has 7 heteroatoms. The lowest BCUT2D eigenvalue weighted by Crippen LogP contribution is -2.47.